The molecule has 2 aromatic rings. The highest BCUT2D eigenvalue weighted by Crippen LogP contribution is 2.10. The maximum absolute atomic E-state index is 11.5. The summed E-state index contributed by atoms with van der Waals surface area (Å²) in [5, 5.41) is 2.59. The van der Waals surface area contributed by atoms with E-state index in [0.717, 1.165) is 10.0 Å². The minimum absolute atomic E-state index is 0.381. The van der Waals surface area contributed by atoms with E-state index in [1.54, 1.807) is 18.3 Å². The van der Waals surface area contributed by atoms with Crippen LogP contribution < -0.4 is 5.32 Å². The van der Waals surface area contributed by atoms with Gasteiger partial charge in [-0.15, -0.1) is 0 Å². The second-order valence-corrected chi connectivity index (χ2v) is 4.35. The number of benzene rings is 1. The molecule has 1 amide bonds. The van der Waals surface area contributed by atoms with Crippen LogP contribution in [0.5, 0.6) is 0 Å². The summed E-state index contributed by atoms with van der Waals surface area (Å²) >= 11 is 3.27. The van der Waals surface area contributed by atoms with Crippen molar-refractivity contribution >= 4 is 27.7 Å². The van der Waals surface area contributed by atoms with Crippen LogP contribution in [0.2, 0.25) is 0 Å². The summed E-state index contributed by atoms with van der Waals surface area (Å²) in [5.41, 5.74) is 0.802. The summed E-state index contributed by atoms with van der Waals surface area (Å²) in [6.45, 7) is 0. The highest BCUT2D eigenvalue weighted by atomic mass is 79.9. The van der Waals surface area contributed by atoms with Gasteiger partial charge in [0.2, 0.25) is 0 Å². The fraction of sp³-hybridized carbons (Fsp3) is 0. The van der Waals surface area contributed by atoms with Crippen LogP contribution in [0.1, 0.15) is 5.56 Å². The second kappa shape index (κ2) is 5.99. The SMILES string of the molecule is O=C(C#Cc1ccccc1)Nc1ccc(Br)cn1. The molecule has 2 rings (SSSR count). The summed E-state index contributed by atoms with van der Waals surface area (Å²) in [4.78, 5) is 15.6. The number of aromatic nitrogens is 1. The Kier molecular flexibility index (Phi) is 4.11. The number of hydrogen-bond donors (Lipinski definition) is 1. The quantitative estimate of drug-likeness (QED) is 0.823. The average molecular weight is 301 g/mol. The highest BCUT2D eigenvalue weighted by Gasteiger charge is 1.98. The van der Waals surface area contributed by atoms with Gasteiger partial charge in [-0.2, -0.15) is 0 Å². The first-order chi connectivity index (χ1) is 8.74. The van der Waals surface area contributed by atoms with Gasteiger partial charge < -0.3 is 0 Å². The lowest BCUT2D eigenvalue weighted by Gasteiger charge is -1.98. The third kappa shape index (κ3) is 3.72. The maximum Gasteiger partial charge on any atom is 0.301 e. The molecule has 0 aliphatic carbocycles. The van der Waals surface area contributed by atoms with Crippen molar-refractivity contribution in [1.29, 1.82) is 0 Å². The van der Waals surface area contributed by atoms with Crippen LogP contribution in [0.25, 0.3) is 0 Å². The standard InChI is InChI=1S/C14H9BrN2O/c15-12-7-8-13(16-10-12)17-14(18)9-6-11-4-2-1-3-5-11/h1-5,7-8,10H,(H,16,17,18). The van der Waals surface area contributed by atoms with Crippen molar-refractivity contribution in [3.05, 3.63) is 58.7 Å². The second-order valence-electron chi connectivity index (χ2n) is 3.43. The van der Waals surface area contributed by atoms with Crippen LogP contribution in [0.15, 0.2) is 53.1 Å². The van der Waals surface area contributed by atoms with Gasteiger partial charge in [0.05, 0.1) is 0 Å². The Morgan fingerprint density at radius 2 is 1.94 bits per heavy atom. The maximum atomic E-state index is 11.5. The molecule has 18 heavy (non-hydrogen) atoms. The first kappa shape index (κ1) is 12.3. The molecule has 4 heteroatoms. The fourth-order valence-electron chi connectivity index (χ4n) is 1.25. The molecule has 0 unspecified atom stereocenters. The molecular formula is C14H9BrN2O. The molecule has 0 spiro atoms. The lowest BCUT2D eigenvalue weighted by molar-refractivity contribution is -0.111. The average Bonchev–Trinajstić information content (AvgIpc) is 2.40. The predicted molar refractivity (Wildman–Crippen MR) is 73.9 cm³/mol. The number of nitrogens with one attached hydrogen (secondary N) is 1. The van der Waals surface area contributed by atoms with E-state index in [-0.39, 0.29) is 5.91 Å². The highest BCUT2D eigenvalue weighted by molar-refractivity contribution is 9.10. The van der Waals surface area contributed by atoms with Gasteiger partial charge in [-0.3, -0.25) is 10.1 Å². The van der Waals surface area contributed by atoms with Crippen molar-refractivity contribution < 1.29 is 4.79 Å². The lowest BCUT2D eigenvalue weighted by Crippen LogP contribution is -2.09. The fourth-order valence-corrected chi connectivity index (χ4v) is 1.48. The van der Waals surface area contributed by atoms with E-state index >= 15 is 0 Å². The first-order valence-corrected chi connectivity index (χ1v) is 6.03. The van der Waals surface area contributed by atoms with Gasteiger partial charge in [-0.1, -0.05) is 24.1 Å². The number of anilines is 1. The van der Waals surface area contributed by atoms with Gasteiger partial charge in [0.25, 0.3) is 0 Å². The third-order valence-corrected chi connectivity index (χ3v) is 2.53. The van der Waals surface area contributed by atoms with E-state index < -0.39 is 0 Å². The molecule has 0 saturated heterocycles. The number of rotatable bonds is 1. The Morgan fingerprint density at radius 1 is 1.17 bits per heavy atom. The molecule has 0 saturated carbocycles. The number of carbonyl (C=O) groups is 1. The van der Waals surface area contributed by atoms with Crippen LogP contribution in [0.4, 0.5) is 5.82 Å². The summed E-state index contributed by atoms with van der Waals surface area (Å²) in [6, 6.07) is 12.8. The zero-order valence-corrected chi connectivity index (χ0v) is 10.9. The number of halogens is 1. The van der Waals surface area contributed by atoms with Gasteiger partial charge in [-0.25, -0.2) is 4.98 Å². The summed E-state index contributed by atoms with van der Waals surface area (Å²) in [7, 11) is 0. The minimum Gasteiger partial charge on any atom is -0.300 e. The predicted octanol–water partition coefficient (Wildman–Crippen LogP) is 2.83. The van der Waals surface area contributed by atoms with Crippen molar-refractivity contribution in [3.63, 3.8) is 0 Å². The van der Waals surface area contributed by atoms with Crippen LogP contribution in [0.3, 0.4) is 0 Å². The van der Waals surface area contributed by atoms with E-state index in [4.69, 9.17) is 0 Å². The molecule has 1 aromatic heterocycles. The van der Waals surface area contributed by atoms with Gasteiger partial charge >= 0.3 is 5.91 Å². The van der Waals surface area contributed by atoms with Crippen LogP contribution in [-0.2, 0) is 4.79 Å². The summed E-state index contributed by atoms with van der Waals surface area (Å²) in [6.07, 6.45) is 1.61. The van der Waals surface area contributed by atoms with Crippen molar-refractivity contribution in [3.8, 4) is 11.8 Å². The molecular weight excluding hydrogens is 292 g/mol. The number of nitrogens with zero attached hydrogens (tertiary/aromatic N) is 1. The van der Waals surface area contributed by atoms with Crippen LogP contribution >= 0.6 is 15.9 Å². The van der Waals surface area contributed by atoms with Crippen molar-refractivity contribution in [2.24, 2.45) is 0 Å². The number of pyridine rings is 1. The Hall–Kier alpha value is -2.12. The number of carbonyl (C=O) groups excluding carboxylic acids is 1. The van der Waals surface area contributed by atoms with E-state index in [9.17, 15) is 4.79 Å². The van der Waals surface area contributed by atoms with E-state index in [1.807, 2.05) is 30.3 Å². The third-order valence-electron chi connectivity index (χ3n) is 2.06. The normalized spacial score (nSPS) is 9.17. The number of hydrogen-bond acceptors (Lipinski definition) is 2. The lowest BCUT2D eigenvalue weighted by atomic mass is 10.2. The largest absolute Gasteiger partial charge is 0.301 e. The molecule has 0 fully saturated rings. The van der Waals surface area contributed by atoms with E-state index in [2.05, 4.69) is 38.1 Å². The molecule has 0 aliphatic rings. The molecule has 0 atom stereocenters. The van der Waals surface area contributed by atoms with Gasteiger partial charge in [0.15, 0.2) is 0 Å². The van der Waals surface area contributed by atoms with Crippen molar-refractivity contribution in [2.45, 2.75) is 0 Å². The van der Waals surface area contributed by atoms with Gasteiger partial charge in [0, 0.05) is 22.2 Å². The van der Waals surface area contributed by atoms with Crippen LogP contribution in [-0.4, -0.2) is 10.9 Å². The zero-order chi connectivity index (χ0) is 12.8. The van der Waals surface area contributed by atoms with Crippen LogP contribution in [0, 0.1) is 11.8 Å². The molecule has 1 aromatic carbocycles. The van der Waals surface area contributed by atoms with E-state index in [0.29, 0.717) is 5.82 Å². The zero-order valence-electron chi connectivity index (χ0n) is 9.35. The summed E-state index contributed by atoms with van der Waals surface area (Å²) < 4.78 is 0.857. The molecule has 0 aliphatic heterocycles. The van der Waals surface area contributed by atoms with Gasteiger partial charge in [0.1, 0.15) is 5.82 Å². The molecule has 1 N–H and O–H groups in total. The Bertz CT molecular complexity index is 597. The molecule has 0 radical (unpaired) electrons. The Morgan fingerprint density at radius 3 is 2.61 bits per heavy atom. The van der Waals surface area contributed by atoms with E-state index in [1.165, 1.54) is 0 Å². The minimum atomic E-state index is -0.381. The Balaban J connectivity index is 2.01. The monoisotopic (exact) mass is 300 g/mol. The smallest absolute Gasteiger partial charge is 0.300 e. The van der Waals surface area contributed by atoms with Crippen molar-refractivity contribution in [1.82, 2.24) is 4.98 Å². The van der Waals surface area contributed by atoms with Crippen molar-refractivity contribution in [2.75, 3.05) is 5.32 Å². The topological polar surface area (TPSA) is 42.0 Å². The molecule has 88 valence electrons. The first-order valence-electron chi connectivity index (χ1n) is 5.23. The molecule has 3 nitrogen and oxygen atoms in total. The number of amides is 1. The summed E-state index contributed by atoms with van der Waals surface area (Å²) in [5.74, 6) is 5.38. The Labute approximate surface area is 113 Å². The van der Waals surface area contributed by atoms with Gasteiger partial charge in [-0.05, 0) is 40.2 Å². The molecule has 0 bridgehead atoms. The molecule has 1 heterocycles.